The van der Waals surface area contributed by atoms with Crippen LogP contribution in [0.1, 0.15) is 24.1 Å². The summed E-state index contributed by atoms with van der Waals surface area (Å²) in [6.45, 7) is 3.69. The molecule has 0 radical (unpaired) electrons. The van der Waals surface area contributed by atoms with Crippen LogP contribution in [0.5, 0.6) is 0 Å². The maximum absolute atomic E-state index is 12.6. The molecular formula is C19H21ClN4O. The fraction of sp³-hybridized carbons (Fsp3) is 0.421. The average Bonchev–Trinajstić information content (AvgIpc) is 2.60. The predicted molar refractivity (Wildman–Crippen MR) is 97.8 cm³/mol. The monoisotopic (exact) mass is 356 g/mol. The molecule has 0 saturated carbocycles. The summed E-state index contributed by atoms with van der Waals surface area (Å²) < 4.78 is 0. The summed E-state index contributed by atoms with van der Waals surface area (Å²) in [5.41, 5.74) is 2.09. The van der Waals surface area contributed by atoms with Gasteiger partial charge in [0.15, 0.2) is 0 Å². The van der Waals surface area contributed by atoms with Gasteiger partial charge in [-0.3, -0.25) is 4.79 Å². The minimum Gasteiger partial charge on any atom is -0.352 e. The maximum atomic E-state index is 12.6. The number of nitrogens with zero attached hydrogens (tertiary/aromatic N) is 4. The number of carbonyl (C=O) groups excluding carboxylic acids is 1. The average molecular weight is 357 g/mol. The van der Waals surface area contributed by atoms with Crippen molar-refractivity contribution < 1.29 is 4.79 Å². The number of halogens is 1. The quantitative estimate of drug-likeness (QED) is 0.845. The highest BCUT2D eigenvalue weighted by Gasteiger charge is 2.47. The lowest BCUT2D eigenvalue weighted by Gasteiger charge is -2.56. The molecule has 0 N–H and O–H groups in total. The Balaban J connectivity index is 1.35. The molecule has 2 unspecified atom stereocenters. The third-order valence-corrected chi connectivity index (χ3v) is 5.35. The molecule has 3 fully saturated rings. The van der Waals surface area contributed by atoms with Crippen molar-refractivity contribution in [3.05, 3.63) is 52.9 Å². The molecule has 5 nitrogen and oxygen atoms in total. The fourth-order valence-electron chi connectivity index (χ4n) is 3.89. The smallest absolute Gasteiger partial charge is 0.223 e. The zero-order valence-corrected chi connectivity index (χ0v) is 15.0. The molecule has 0 aliphatic carbocycles. The van der Waals surface area contributed by atoms with E-state index >= 15 is 0 Å². The fourth-order valence-corrected chi connectivity index (χ4v) is 4.10. The molecule has 3 saturated heterocycles. The number of hydrogen-bond acceptors (Lipinski definition) is 4. The summed E-state index contributed by atoms with van der Waals surface area (Å²) >= 11 is 6.01. The first-order chi connectivity index (χ1) is 12.1. The largest absolute Gasteiger partial charge is 0.352 e. The van der Waals surface area contributed by atoms with Gasteiger partial charge in [-0.05, 0) is 37.5 Å². The minimum atomic E-state index is 0.250. The van der Waals surface area contributed by atoms with Crippen molar-refractivity contribution in [2.24, 2.45) is 0 Å². The number of anilines is 1. The van der Waals surface area contributed by atoms with Crippen LogP contribution >= 0.6 is 11.6 Å². The van der Waals surface area contributed by atoms with Crippen LogP contribution in [0, 0.1) is 6.92 Å². The van der Waals surface area contributed by atoms with Crippen LogP contribution in [0.4, 0.5) is 5.82 Å². The van der Waals surface area contributed by atoms with Gasteiger partial charge in [-0.15, -0.1) is 0 Å². The number of piperidine rings is 1. The van der Waals surface area contributed by atoms with Gasteiger partial charge in [-0.25, -0.2) is 9.97 Å². The van der Waals surface area contributed by atoms with Crippen molar-refractivity contribution >= 4 is 23.3 Å². The van der Waals surface area contributed by atoms with Gasteiger partial charge in [0.2, 0.25) is 5.91 Å². The Morgan fingerprint density at radius 2 is 2.04 bits per heavy atom. The van der Waals surface area contributed by atoms with Crippen LogP contribution in [0.2, 0.25) is 5.02 Å². The number of benzene rings is 1. The summed E-state index contributed by atoms with van der Waals surface area (Å²) in [5, 5.41) is 0.724. The van der Waals surface area contributed by atoms with Crippen molar-refractivity contribution in [3.8, 4) is 0 Å². The second kappa shape index (κ2) is 6.64. The number of aryl methyl sites for hydroxylation is 2. The Morgan fingerprint density at radius 3 is 2.76 bits per heavy atom. The number of hydrogen-bond donors (Lipinski definition) is 0. The van der Waals surface area contributed by atoms with Crippen molar-refractivity contribution in [1.29, 1.82) is 0 Å². The number of rotatable bonds is 4. The van der Waals surface area contributed by atoms with Gasteiger partial charge in [-0.2, -0.15) is 0 Å². The van der Waals surface area contributed by atoms with E-state index in [1.807, 2.05) is 37.3 Å². The van der Waals surface area contributed by atoms with Gasteiger partial charge in [-0.1, -0.05) is 23.7 Å². The molecule has 1 amide bonds. The minimum absolute atomic E-state index is 0.250. The molecule has 2 bridgehead atoms. The second-order valence-electron chi connectivity index (χ2n) is 6.90. The van der Waals surface area contributed by atoms with Crippen molar-refractivity contribution in [2.75, 3.05) is 18.0 Å². The zero-order chi connectivity index (χ0) is 17.4. The number of fused-ring (bicyclic) bond motifs is 2. The highest BCUT2D eigenvalue weighted by atomic mass is 35.5. The molecule has 3 aliphatic rings. The topological polar surface area (TPSA) is 49.3 Å². The first kappa shape index (κ1) is 16.3. The van der Waals surface area contributed by atoms with E-state index in [2.05, 4.69) is 19.8 Å². The highest BCUT2D eigenvalue weighted by Crippen LogP contribution is 2.34. The third kappa shape index (κ3) is 3.33. The van der Waals surface area contributed by atoms with Crippen LogP contribution < -0.4 is 4.90 Å². The van der Waals surface area contributed by atoms with Crippen LogP contribution in [-0.2, 0) is 11.2 Å². The normalized spacial score (nSPS) is 21.8. The molecule has 2 atom stereocenters. The molecule has 6 heteroatoms. The van der Waals surface area contributed by atoms with Crippen LogP contribution in [0.15, 0.2) is 36.7 Å². The Kier molecular flexibility index (Phi) is 4.34. The van der Waals surface area contributed by atoms with Crippen molar-refractivity contribution in [3.63, 3.8) is 0 Å². The molecule has 130 valence electrons. The van der Waals surface area contributed by atoms with E-state index in [-0.39, 0.29) is 5.91 Å². The maximum Gasteiger partial charge on any atom is 0.223 e. The Bertz CT molecular complexity index is 784. The van der Waals surface area contributed by atoms with Crippen LogP contribution in [-0.4, -0.2) is 45.9 Å². The molecular weight excluding hydrogens is 336 g/mol. The van der Waals surface area contributed by atoms with Crippen LogP contribution in [0.3, 0.4) is 0 Å². The molecule has 1 aromatic carbocycles. The lowest BCUT2D eigenvalue weighted by atomic mass is 9.86. The summed E-state index contributed by atoms with van der Waals surface area (Å²) in [6, 6.07) is 10.4. The first-order valence-electron chi connectivity index (χ1n) is 8.69. The number of amides is 1. The number of aromatic nitrogens is 2. The predicted octanol–water partition coefficient (Wildman–Crippen LogP) is 2.86. The molecule has 2 aromatic rings. The lowest BCUT2D eigenvalue weighted by molar-refractivity contribution is -0.146. The molecule has 0 spiro atoms. The van der Waals surface area contributed by atoms with Gasteiger partial charge < -0.3 is 9.80 Å². The Hall–Kier alpha value is -2.14. The molecule has 4 heterocycles. The number of carbonyl (C=O) groups is 1. The van der Waals surface area contributed by atoms with Gasteiger partial charge in [0.25, 0.3) is 0 Å². The summed E-state index contributed by atoms with van der Waals surface area (Å²) in [7, 11) is 0. The van der Waals surface area contributed by atoms with Gasteiger partial charge in [0, 0.05) is 36.3 Å². The van der Waals surface area contributed by atoms with E-state index < -0.39 is 0 Å². The second-order valence-corrected chi connectivity index (χ2v) is 7.33. The Labute approximate surface area is 152 Å². The summed E-state index contributed by atoms with van der Waals surface area (Å²) in [4.78, 5) is 25.5. The van der Waals surface area contributed by atoms with E-state index in [1.165, 1.54) is 0 Å². The number of piperazine rings is 1. The SMILES string of the molecule is Cc1cc(N2CC3CC(C2)N3C(=O)CCc2cccc(Cl)c2)ncn1. The van der Waals surface area contributed by atoms with Gasteiger partial charge in [0.1, 0.15) is 12.1 Å². The van der Waals surface area contributed by atoms with Gasteiger partial charge >= 0.3 is 0 Å². The summed E-state index contributed by atoms with van der Waals surface area (Å²) in [6.07, 6.45) is 3.99. The molecule has 25 heavy (non-hydrogen) atoms. The van der Waals surface area contributed by atoms with Crippen molar-refractivity contribution in [1.82, 2.24) is 14.9 Å². The van der Waals surface area contributed by atoms with E-state index in [4.69, 9.17) is 11.6 Å². The van der Waals surface area contributed by atoms with Crippen molar-refractivity contribution in [2.45, 2.75) is 38.3 Å². The van der Waals surface area contributed by atoms with E-state index in [0.29, 0.717) is 18.5 Å². The van der Waals surface area contributed by atoms with E-state index in [1.54, 1.807) is 6.33 Å². The van der Waals surface area contributed by atoms with E-state index in [0.717, 1.165) is 48.0 Å². The third-order valence-electron chi connectivity index (χ3n) is 5.11. The van der Waals surface area contributed by atoms with Gasteiger partial charge in [0.05, 0.1) is 12.1 Å². The summed E-state index contributed by atoms with van der Waals surface area (Å²) in [5.74, 6) is 1.22. The van der Waals surface area contributed by atoms with E-state index in [9.17, 15) is 4.79 Å². The zero-order valence-electron chi connectivity index (χ0n) is 14.2. The molecule has 3 aliphatic heterocycles. The molecule has 5 rings (SSSR count). The molecule has 1 aromatic heterocycles. The highest BCUT2D eigenvalue weighted by molar-refractivity contribution is 6.30. The lowest BCUT2D eigenvalue weighted by Crippen LogP contribution is -2.70. The van der Waals surface area contributed by atoms with Crippen LogP contribution in [0.25, 0.3) is 0 Å². The first-order valence-corrected chi connectivity index (χ1v) is 9.07. The Morgan fingerprint density at radius 1 is 1.24 bits per heavy atom. The standard InChI is InChI=1S/C19H21ClN4O/c1-13-7-18(22-12-21-13)23-10-16-9-17(11-23)24(16)19(25)6-5-14-3-2-4-15(20)8-14/h2-4,7-8,12,16-17H,5-6,9-11H2,1H3.